The summed E-state index contributed by atoms with van der Waals surface area (Å²) in [5.74, 6) is -0.313. The minimum Gasteiger partial charge on any atom is -0.465 e. The molecule has 1 aliphatic heterocycles. The monoisotopic (exact) mass is 331 g/mol. The minimum absolute atomic E-state index is 0.231. The number of β-amino-alcohol motifs (C(OH)–C–C–N with tert-alkyl or cyclic N) is 1. The van der Waals surface area contributed by atoms with E-state index >= 15 is 0 Å². The third-order valence-electron chi connectivity index (χ3n) is 4.52. The molecule has 1 aromatic carbocycles. The lowest BCUT2D eigenvalue weighted by Crippen LogP contribution is -2.58. The zero-order chi connectivity index (χ0) is 17.3. The standard InChI is InChI=1S/C17H21N3O4/c1-17(19-16(23)24,15(22)20-7-6-12(21)10-20)8-11-9-18-14-5-3-2-4-13(11)14/h2-5,9,12,18-19,21H,6-8,10H2,1H3,(H,23,24). The van der Waals surface area contributed by atoms with E-state index in [0.29, 0.717) is 13.0 Å². The van der Waals surface area contributed by atoms with Crippen LogP contribution in [0.3, 0.4) is 0 Å². The zero-order valence-electron chi connectivity index (χ0n) is 13.5. The molecule has 0 radical (unpaired) electrons. The van der Waals surface area contributed by atoms with Gasteiger partial charge in [-0.15, -0.1) is 0 Å². The van der Waals surface area contributed by atoms with Crippen molar-refractivity contribution in [2.45, 2.75) is 31.4 Å². The van der Waals surface area contributed by atoms with E-state index in [2.05, 4.69) is 10.3 Å². The van der Waals surface area contributed by atoms with E-state index in [4.69, 9.17) is 0 Å². The van der Waals surface area contributed by atoms with Crippen molar-refractivity contribution < 1.29 is 19.8 Å². The lowest BCUT2D eigenvalue weighted by Gasteiger charge is -2.32. The summed E-state index contributed by atoms with van der Waals surface area (Å²) in [6.07, 6.45) is 0.761. The summed E-state index contributed by atoms with van der Waals surface area (Å²) in [7, 11) is 0. The van der Waals surface area contributed by atoms with E-state index in [9.17, 15) is 19.8 Å². The number of nitrogens with one attached hydrogen (secondary N) is 2. The Morgan fingerprint density at radius 2 is 2.17 bits per heavy atom. The van der Waals surface area contributed by atoms with Crippen LogP contribution < -0.4 is 5.32 Å². The van der Waals surface area contributed by atoms with E-state index in [1.807, 2.05) is 24.3 Å². The molecule has 3 rings (SSSR count). The topological polar surface area (TPSA) is 106 Å². The maximum absolute atomic E-state index is 12.9. The molecule has 1 aliphatic rings. The predicted octanol–water partition coefficient (Wildman–Crippen LogP) is 1.33. The van der Waals surface area contributed by atoms with Gasteiger partial charge < -0.3 is 25.4 Å². The molecule has 0 saturated carbocycles. The first-order valence-corrected chi connectivity index (χ1v) is 7.92. The number of fused-ring (bicyclic) bond motifs is 1. The average molecular weight is 331 g/mol. The van der Waals surface area contributed by atoms with E-state index in [1.54, 1.807) is 13.1 Å². The maximum atomic E-state index is 12.9. The number of aromatic nitrogens is 1. The Morgan fingerprint density at radius 3 is 2.83 bits per heavy atom. The number of carbonyl (C=O) groups is 2. The summed E-state index contributed by atoms with van der Waals surface area (Å²) in [5, 5.41) is 22.2. The fraction of sp³-hybridized carbons (Fsp3) is 0.412. The number of aliphatic hydroxyl groups excluding tert-OH is 1. The lowest BCUT2D eigenvalue weighted by atomic mass is 9.91. The van der Waals surface area contributed by atoms with E-state index < -0.39 is 17.7 Å². The summed E-state index contributed by atoms with van der Waals surface area (Å²) < 4.78 is 0. The first kappa shape index (κ1) is 16.3. The number of nitrogens with zero attached hydrogens (tertiary/aromatic N) is 1. The van der Waals surface area contributed by atoms with Crippen molar-refractivity contribution in [1.82, 2.24) is 15.2 Å². The Balaban J connectivity index is 1.90. The molecule has 2 aromatic rings. The Hall–Kier alpha value is -2.54. The van der Waals surface area contributed by atoms with Crippen LogP contribution in [0.15, 0.2) is 30.5 Å². The van der Waals surface area contributed by atoms with Gasteiger partial charge >= 0.3 is 6.09 Å². The molecule has 7 nitrogen and oxygen atoms in total. The van der Waals surface area contributed by atoms with Crippen LogP contribution in [0.25, 0.3) is 10.9 Å². The normalized spacial score (nSPS) is 20.1. The van der Waals surface area contributed by atoms with Gasteiger partial charge in [0.2, 0.25) is 5.91 Å². The van der Waals surface area contributed by atoms with E-state index in [-0.39, 0.29) is 18.9 Å². The number of aromatic amines is 1. The number of H-pyrrole nitrogens is 1. The van der Waals surface area contributed by atoms with Crippen molar-refractivity contribution in [1.29, 1.82) is 0 Å². The van der Waals surface area contributed by atoms with Gasteiger partial charge in [0.15, 0.2) is 0 Å². The number of hydrogen-bond acceptors (Lipinski definition) is 3. The summed E-state index contributed by atoms with van der Waals surface area (Å²) in [6.45, 7) is 2.27. The quantitative estimate of drug-likeness (QED) is 0.678. The van der Waals surface area contributed by atoms with E-state index in [0.717, 1.165) is 16.5 Å². The zero-order valence-corrected chi connectivity index (χ0v) is 13.5. The third kappa shape index (κ3) is 3.07. The predicted molar refractivity (Wildman–Crippen MR) is 88.8 cm³/mol. The second-order valence-corrected chi connectivity index (χ2v) is 6.49. The summed E-state index contributed by atoms with van der Waals surface area (Å²) >= 11 is 0. The highest BCUT2D eigenvalue weighted by molar-refractivity contribution is 5.91. The lowest BCUT2D eigenvalue weighted by molar-refractivity contribution is -0.136. The molecule has 0 spiro atoms. The van der Waals surface area contributed by atoms with Gasteiger partial charge in [0, 0.05) is 36.6 Å². The molecular formula is C17H21N3O4. The molecule has 1 saturated heterocycles. The Bertz CT molecular complexity index is 772. The Morgan fingerprint density at radius 1 is 1.42 bits per heavy atom. The molecule has 128 valence electrons. The third-order valence-corrected chi connectivity index (χ3v) is 4.52. The van der Waals surface area contributed by atoms with E-state index in [1.165, 1.54) is 4.90 Å². The van der Waals surface area contributed by atoms with Crippen molar-refractivity contribution in [3.8, 4) is 0 Å². The number of hydrogen-bond donors (Lipinski definition) is 4. The van der Waals surface area contributed by atoms with Crippen molar-refractivity contribution >= 4 is 22.9 Å². The van der Waals surface area contributed by atoms with Crippen LogP contribution in [0.1, 0.15) is 18.9 Å². The molecular weight excluding hydrogens is 310 g/mol. The van der Waals surface area contributed by atoms with Gasteiger partial charge in [-0.05, 0) is 25.0 Å². The number of benzene rings is 1. The summed E-state index contributed by atoms with van der Waals surface area (Å²) in [5.41, 5.74) is 0.519. The maximum Gasteiger partial charge on any atom is 0.405 e. The van der Waals surface area contributed by atoms with Gasteiger partial charge in [0.05, 0.1) is 6.10 Å². The molecule has 1 fully saturated rings. The number of rotatable bonds is 4. The molecule has 2 atom stereocenters. The molecule has 2 amide bonds. The molecule has 24 heavy (non-hydrogen) atoms. The number of carboxylic acid groups (broad SMARTS) is 1. The van der Waals surface area contributed by atoms with Crippen LogP contribution in [0, 0.1) is 0 Å². The summed E-state index contributed by atoms with van der Waals surface area (Å²) in [4.78, 5) is 28.8. The highest BCUT2D eigenvalue weighted by atomic mass is 16.4. The van der Waals surface area contributed by atoms with Crippen LogP contribution in [-0.2, 0) is 11.2 Å². The van der Waals surface area contributed by atoms with Crippen LogP contribution in [0.4, 0.5) is 4.79 Å². The number of amides is 2. The van der Waals surface area contributed by atoms with Gasteiger partial charge in [0.1, 0.15) is 5.54 Å². The second-order valence-electron chi connectivity index (χ2n) is 6.49. The second kappa shape index (κ2) is 6.16. The Kier molecular flexibility index (Phi) is 4.19. The molecule has 1 aromatic heterocycles. The van der Waals surface area contributed by atoms with Crippen LogP contribution in [0.2, 0.25) is 0 Å². The molecule has 4 N–H and O–H groups in total. The summed E-state index contributed by atoms with van der Waals surface area (Å²) in [6, 6.07) is 7.68. The van der Waals surface area contributed by atoms with Crippen LogP contribution in [-0.4, -0.2) is 56.8 Å². The number of likely N-dealkylation sites (tertiary alicyclic amines) is 1. The van der Waals surface area contributed by atoms with Crippen molar-refractivity contribution in [3.63, 3.8) is 0 Å². The van der Waals surface area contributed by atoms with Gasteiger partial charge in [-0.2, -0.15) is 0 Å². The average Bonchev–Trinajstić information content (AvgIpc) is 3.13. The van der Waals surface area contributed by atoms with Gasteiger partial charge in [-0.1, -0.05) is 18.2 Å². The fourth-order valence-corrected chi connectivity index (χ4v) is 3.34. The SMILES string of the molecule is CC(Cc1c[nH]c2ccccc12)(NC(=O)O)C(=O)N1CCC(O)C1. The van der Waals surface area contributed by atoms with Crippen LogP contribution in [0.5, 0.6) is 0 Å². The molecule has 0 bridgehead atoms. The van der Waals surface area contributed by atoms with Crippen molar-refractivity contribution in [2.24, 2.45) is 0 Å². The highest BCUT2D eigenvalue weighted by Crippen LogP contribution is 2.25. The minimum atomic E-state index is -1.29. The largest absolute Gasteiger partial charge is 0.465 e. The van der Waals surface area contributed by atoms with Crippen molar-refractivity contribution in [2.75, 3.05) is 13.1 Å². The van der Waals surface area contributed by atoms with Gasteiger partial charge in [0.25, 0.3) is 0 Å². The molecule has 2 heterocycles. The number of aliphatic hydroxyl groups is 1. The van der Waals surface area contributed by atoms with Gasteiger partial charge in [-0.3, -0.25) is 4.79 Å². The van der Waals surface area contributed by atoms with Gasteiger partial charge in [-0.25, -0.2) is 4.79 Å². The molecule has 0 aliphatic carbocycles. The number of carbonyl (C=O) groups excluding carboxylic acids is 1. The highest BCUT2D eigenvalue weighted by Gasteiger charge is 2.41. The molecule has 2 unspecified atom stereocenters. The first-order valence-electron chi connectivity index (χ1n) is 7.92. The van der Waals surface area contributed by atoms with Crippen molar-refractivity contribution in [3.05, 3.63) is 36.0 Å². The smallest absolute Gasteiger partial charge is 0.405 e. The van der Waals surface area contributed by atoms with Crippen LogP contribution >= 0.6 is 0 Å². The fourth-order valence-electron chi connectivity index (χ4n) is 3.34. The Labute approximate surface area is 139 Å². The number of para-hydroxylation sites is 1. The molecule has 7 heteroatoms. The first-order chi connectivity index (χ1) is 11.4.